The number of methoxy groups -OCH3 is 1. The van der Waals surface area contributed by atoms with Gasteiger partial charge in [-0.1, -0.05) is 0 Å². The van der Waals surface area contributed by atoms with Crippen LogP contribution >= 0.6 is 0 Å². The molecule has 5 rings (SSSR count). The highest BCUT2D eigenvalue weighted by Crippen LogP contribution is 2.32. The van der Waals surface area contributed by atoms with Crippen LogP contribution in [0, 0.1) is 5.82 Å². The summed E-state index contributed by atoms with van der Waals surface area (Å²) >= 11 is 0. The van der Waals surface area contributed by atoms with Gasteiger partial charge in [-0.15, -0.1) is 0 Å². The third kappa shape index (κ3) is 4.47. The largest absolute Gasteiger partial charge is 0.493 e. The second-order valence-corrected chi connectivity index (χ2v) is 7.82. The Morgan fingerprint density at radius 2 is 1.85 bits per heavy atom. The minimum atomic E-state index is -0.330. The smallest absolute Gasteiger partial charge is 0.260 e. The van der Waals surface area contributed by atoms with Crippen molar-refractivity contribution in [3.63, 3.8) is 0 Å². The number of ether oxygens (including phenoxy) is 2. The minimum absolute atomic E-state index is 0.0958. The summed E-state index contributed by atoms with van der Waals surface area (Å²) in [4.78, 5) is 32.7. The zero-order chi connectivity index (χ0) is 23.5. The number of nitrogens with one attached hydrogen (secondary N) is 1. The number of aromatic nitrogens is 4. The SMILES string of the molecule is COc1cc(-c2nc3ccc(F)cc3[nH]2)ccc1OCC(=O)N1CCN(c2ncccn2)CC1. The quantitative estimate of drug-likeness (QED) is 0.471. The van der Waals surface area contributed by atoms with Crippen molar-refractivity contribution in [1.82, 2.24) is 24.8 Å². The zero-order valence-corrected chi connectivity index (χ0v) is 18.6. The van der Waals surface area contributed by atoms with Crippen molar-refractivity contribution in [2.75, 3.05) is 44.8 Å². The molecule has 0 atom stereocenters. The Morgan fingerprint density at radius 3 is 2.62 bits per heavy atom. The molecule has 10 heteroatoms. The molecule has 0 radical (unpaired) electrons. The van der Waals surface area contributed by atoms with Crippen molar-refractivity contribution in [2.24, 2.45) is 0 Å². The summed E-state index contributed by atoms with van der Waals surface area (Å²) in [5.41, 5.74) is 2.03. The lowest BCUT2D eigenvalue weighted by molar-refractivity contribution is -0.133. The molecule has 0 unspecified atom stereocenters. The maximum Gasteiger partial charge on any atom is 0.260 e. The minimum Gasteiger partial charge on any atom is -0.493 e. The molecule has 174 valence electrons. The first-order valence-corrected chi connectivity index (χ1v) is 10.9. The van der Waals surface area contributed by atoms with Crippen molar-refractivity contribution in [3.05, 3.63) is 60.7 Å². The van der Waals surface area contributed by atoms with Gasteiger partial charge < -0.3 is 24.3 Å². The Balaban J connectivity index is 1.22. The number of imidazole rings is 1. The average molecular weight is 462 g/mol. The Labute approximate surface area is 195 Å². The van der Waals surface area contributed by atoms with Gasteiger partial charge in [-0.25, -0.2) is 19.3 Å². The van der Waals surface area contributed by atoms with Gasteiger partial charge in [0.1, 0.15) is 11.6 Å². The summed E-state index contributed by atoms with van der Waals surface area (Å²) in [7, 11) is 1.53. The molecule has 2 aromatic heterocycles. The van der Waals surface area contributed by atoms with Crippen molar-refractivity contribution >= 4 is 22.9 Å². The molecule has 0 spiro atoms. The third-order valence-electron chi connectivity index (χ3n) is 5.70. The maximum atomic E-state index is 13.5. The van der Waals surface area contributed by atoms with Crippen LogP contribution in [-0.2, 0) is 4.79 Å². The third-order valence-corrected chi connectivity index (χ3v) is 5.70. The molecule has 0 aliphatic carbocycles. The number of rotatable bonds is 6. The number of benzene rings is 2. The topological polar surface area (TPSA) is 96.5 Å². The number of halogens is 1. The molecule has 3 heterocycles. The van der Waals surface area contributed by atoms with Gasteiger partial charge in [-0.2, -0.15) is 0 Å². The lowest BCUT2D eigenvalue weighted by Gasteiger charge is -2.34. The van der Waals surface area contributed by atoms with Crippen LogP contribution in [0.25, 0.3) is 22.4 Å². The molecule has 1 aliphatic rings. The van der Waals surface area contributed by atoms with Gasteiger partial charge in [0.15, 0.2) is 18.1 Å². The van der Waals surface area contributed by atoms with Gasteiger partial charge in [-0.3, -0.25) is 4.79 Å². The number of nitrogens with zero attached hydrogens (tertiary/aromatic N) is 5. The summed E-state index contributed by atoms with van der Waals surface area (Å²) in [6.07, 6.45) is 3.42. The zero-order valence-electron chi connectivity index (χ0n) is 18.6. The molecule has 0 bridgehead atoms. The molecular formula is C24H23FN6O3. The molecule has 9 nitrogen and oxygen atoms in total. The fourth-order valence-corrected chi connectivity index (χ4v) is 3.89. The molecular weight excluding hydrogens is 439 g/mol. The van der Waals surface area contributed by atoms with E-state index >= 15 is 0 Å². The fourth-order valence-electron chi connectivity index (χ4n) is 3.89. The lowest BCUT2D eigenvalue weighted by atomic mass is 10.2. The summed E-state index contributed by atoms with van der Waals surface area (Å²) in [5.74, 6) is 1.76. The van der Waals surface area contributed by atoms with Gasteiger partial charge in [0, 0.05) is 44.1 Å². The standard InChI is InChI=1S/C24H23FN6O3/c1-33-21-13-16(23-28-18-5-4-17(25)14-19(18)29-23)3-6-20(21)34-15-22(32)30-9-11-31(12-10-30)24-26-7-2-8-27-24/h2-8,13-14H,9-12,15H2,1H3,(H,28,29). The van der Waals surface area contributed by atoms with Crippen LogP contribution in [-0.4, -0.2) is 70.6 Å². The molecule has 34 heavy (non-hydrogen) atoms. The highest BCUT2D eigenvalue weighted by molar-refractivity contribution is 5.80. The Bertz CT molecular complexity index is 1300. The first-order chi connectivity index (χ1) is 16.6. The number of aromatic amines is 1. The highest BCUT2D eigenvalue weighted by atomic mass is 19.1. The molecule has 1 N–H and O–H groups in total. The van der Waals surface area contributed by atoms with Crippen LogP contribution in [0.15, 0.2) is 54.9 Å². The number of carbonyl (C=O) groups is 1. The highest BCUT2D eigenvalue weighted by Gasteiger charge is 2.23. The molecule has 1 aliphatic heterocycles. The predicted molar refractivity (Wildman–Crippen MR) is 124 cm³/mol. The molecule has 1 amide bonds. The van der Waals surface area contributed by atoms with E-state index in [1.165, 1.54) is 19.2 Å². The van der Waals surface area contributed by atoms with Gasteiger partial charge >= 0.3 is 0 Å². The van der Waals surface area contributed by atoms with E-state index < -0.39 is 0 Å². The van der Waals surface area contributed by atoms with E-state index in [0.717, 1.165) is 5.56 Å². The first-order valence-electron chi connectivity index (χ1n) is 10.9. The van der Waals surface area contributed by atoms with Gasteiger partial charge in [0.25, 0.3) is 5.91 Å². The number of hydrogen-bond donors (Lipinski definition) is 1. The number of piperazine rings is 1. The van der Waals surface area contributed by atoms with E-state index in [4.69, 9.17) is 9.47 Å². The number of carbonyl (C=O) groups excluding carboxylic acids is 1. The number of hydrogen-bond acceptors (Lipinski definition) is 7. The summed E-state index contributed by atoms with van der Waals surface area (Å²) < 4.78 is 24.7. The lowest BCUT2D eigenvalue weighted by Crippen LogP contribution is -2.50. The van der Waals surface area contributed by atoms with Gasteiger partial charge in [0.2, 0.25) is 5.95 Å². The molecule has 2 aromatic carbocycles. The van der Waals surface area contributed by atoms with Crippen LogP contribution in [0.5, 0.6) is 11.5 Å². The van der Waals surface area contributed by atoms with Gasteiger partial charge in [-0.05, 0) is 42.5 Å². The first kappa shape index (κ1) is 21.6. The van der Waals surface area contributed by atoms with E-state index in [-0.39, 0.29) is 18.3 Å². The van der Waals surface area contributed by atoms with E-state index in [1.807, 2.05) is 6.07 Å². The summed E-state index contributed by atoms with van der Waals surface area (Å²) in [6, 6.07) is 11.5. The van der Waals surface area contributed by atoms with Crippen LogP contribution in [0.1, 0.15) is 0 Å². The maximum absolute atomic E-state index is 13.5. The van der Waals surface area contributed by atoms with Crippen LogP contribution in [0.2, 0.25) is 0 Å². The second-order valence-electron chi connectivity index (χ2n) is 7.82. The monoisotopic (exact) mass is 462 g/mol. The summed E-state index contributed by atoms with van der Waals surface area (Å²) in [5, 5.41) is 0. The van der Waals surface area contributed by atoms with Crippen LogP contribution in [0.4, 0.5) is 10.3 Å². The Morgan fingerprint density at radius 1 is 1.06 bits per heavy atom. The molecule has 4 aromatic rings. The molecule has 1 saturated heterocycles. The number of H-pyrrole nitrogens is 1. The second kappa shape index (κ2) is 9.34. The Hall–Kier alpha value is -4.21. The normalized spacial score (nSPS) is 13.8. The fraction of sp³-hybridized carbons (Fsp3) is 0.250. The summed E-state index contributed by atoms with van der Waals surface area (Å²) in [6.45, 7) is 2.37. The Kier molecular flexibility index (Phi) is 5.94. The van der Waals surface area contributed by atoms with Crippen molar-refractivity contribution < 1.29 is 18.7 Å². The molecule has 0 saturated carbocycles. The average Bonchev–Trinajstić information content (AvgIpc) is 3.31. The van der Waals surface area contributed by atoms with E-state index in [9.17, 15) is 9.18 Å². The van der Waals surface area contributed by atoms with Gasteiger partial charge in [0.05, 0.1) is 18.1 Å². The van der Waals surface area contributed by atoms with E-state index in [1.54, 1.807) is 41.6 Å². The van der Waals surface area contributed by atoms with Crippen LogP contribution in [0.3, 0.4) is 0 Å². The number of fused-ring (bicyclic) bond motifs is 1. The van der Waals surface area contributed by atoms with E-state index in [2.05, 4.69) is 24.8 Å². The number of anilines is 1. The molecule has 1 fully saturated rings. The number of amides is 1. The van der Waals surface area contributed by atoms with Crippen LogP contribution < -0.4 is 14.4 Å². The van der Waals surface area contributed by atoms with E-state index in [0.29, 0.717) is 60.5 Å². The van der Waals surface area contributed by atoms with Crippen molar-refractivity contribution in [3.8, 4) is 22.9 Å². The van der Waals surface area contributed by atoms with Crippen molar-refractivity contribution in [1.29, 1.82) is 0 Å². The predicted octanol–water partition coefficient (Wildman–Crippen LogP) is 2.90. The van der Waals surface area contributed by atoms with Crippen molar-refractivity contribution in [2.45, 2.75) is 0 Å².